The second kappa shape index (κ2) is 5.48. The molecule has 1 N–H and O–H groups in total. The van der Waals surface area contributed by atoms with Crippen molar-refractivity contribution in [2.45, 2.75) is 6.92 Å². The number of fused-ring (bicyclic) bond motifs is 1. The Balaban J connectivity index is 1.62. The molecule has 0 atom stereocenters. The lowest BCUT2D eigenvalue weighted by Crippen LogP contribution is -1.91. The van der Waals surface area contributed by atoms with Crippen LogP contribution in [0.15, 0.2) is 48.5 Å². The molecule has 2 heterocycles. The first kappa shape index (κ1) is 13.9. The van der Waals surface area contributed by atoms with E-state index < -0.39 is 0 Å². The zero-order chi connectivity index (χ0) is 15.8. The highest BCUT2D eigenvalue weighted by Gasteiger charge is 2.08. The summed E-state index contributed by atoms with van der Waals surface area (Å²) in [6, 6.07) is 16.1. The van der Waals surface area contributed by atoms with E-state index in [-0.39, 0.29) is 0 Å². The fourth-order valence-electron chi connectivity index (χ4n) is 2.50. The van der Waals surface area contributed by atoms with E-state index in [9.17, 15) is 0 Å². The fraction of sp³-hybridized carbons (Fsp3) is 0.118. The summed E-state index contributed by atoms with van der Waals surface area (Å²) >= 11 is 1.36. The molecule has 0 aliphatic carbocycles. The van der Waals surface area contributed by atoms with E-state index >= 15 is 0 Å². The number of aromatic nitrogens is 4. The number of imidazole rings is 1. The zero-order valence-electron chi connectivity index (χ0n) is 12.8. The Morgan fingerprint density at radius 1 is 1.04 bits per heavy atom. The molecule has 4 aromatic rings. The Labute approximate surface area is 137 Å². The van der Waals surface area contributed by atoms with Crippen molar-refractivity contribution in [1.82, 2.24) is 18.9 Å². The minimum atomic E-state index is 0.743. The van der Waals surface area contributed by atoms with Crippen LogP contribution in [0.3, 0.4) is 0 Å². The number of hydrogen-bond donors (Lipinski definition) is 1. The Hall–Kier alpha value is -2.73. The minimum absolute atomic E-state index is 0.743. The average Bonchev–Trinajstić information content (AvgIpc) is 3.14. The van der Waals surface area contributed by atoms with E-state index in [4.69, 9.17) is 0 Å². The summed E-state index contributed by atoms with van der Waals surface area (Å²) < 4.78 is 6.49. The van der Waals surface area contributed by atoms with E-state index in [1.54, 1.807) is 0 Å². The van der Waals surface area contributed by atoms with Crippen molar-refractivity contribution in [3.8, 4) is 11.4 Å². The molecule has 2 aromatic heterocycles. The van der Waals surface area contributed by atoms with Crippen LogP contribution in [0, 0.1) is 6.92 Å². The first-order valence-electron chi connectivity index (χ1n) is 7.30. The van der Waals surface area contributed by atoms with Crippen molar-refractivity contribution >= 4 is 33.4 Å². The van der Waals surface area contributed by atoms with Crippen molar-refractivity contribution in [3.05, 3.63) is 54.4 Å². The maximum atomic E-state index is 4.56. The Bertz CT molecular complexity index is 971. The Kier molecular flexibility index (Phi) is 3.31. The van der Waals surface area contributed by atoms with Gasteiger partial charge in [0.05, 0.1) is 11.0 Å². The summed E-state index contributed by atoms with van der Waals surface area (Å²) in [5.74, 6) is 1.74. The number of nitrogens with one attached hydrogen (secondary N) is 1. The molecule has 0 aliphatic rings. The summed E-state index contributed by atoms with van der Waals surface area (Å²) in [5, 5.41) is 4.08. The van der Waals surface area contributed by atoms with E-state index in [1.165, 1.54) is 11.5 Å². The van der Waals surface area contributed by atoms with Gasteiger partial charge in [-0.2, -0.15) is 9.36 Å². The molecular formula is C17H15N5S. The topological polar surface area (TPSA) is 55.6 Å². The number of aryl methyl sites for hydroxylation is 2. The molecular weight excluding hydrogens is 306 g/mol. The fourth-order valence-corrected chi connectivity index (χ4v) is 3.11. The second-order valence-electron chi connectivity index (χ2n) is 5.34. The van der Waals surface area contributed by atoms with Crippen LogP contribution < -0.4 is 5.32 Å². The molecule has 0 radical (unpaired) electrons. The zero-order valence-corrected chi connectivity index (χ0v) is 13.6. The van der Waals surface area contributed by atoms with Gasteiger partial charge in [-0.15, -0.1) is 0 Å². The standard InChI is InChI=1S/C17H15N5S/c1-11-18-14-10-13(8-9-15(14)22(11)2)19-17-20-16(21-23-17)12-6-4-3-5-7-12/h3-10H,1-2H3,(H,19,20,21). The molecule has 23 heavy (non-hydrogen) atoms. The first-order chi connectivity index (χ1) is 11.2. The van der Waals surface area contributed by atoms with Gasteiger partial charge in [-0.25, -0.2) is 4.98 Å². The number of nitrogens with zero attached hydrogens (tertiary/aromatic N) is 4. The van der Waals surface area contributed by atoms with Crippen molar-refractivity contribution in [3.63, 3.8) is 0 Å². The summed E-state index contributed by atoms with van der Waals surface area (Å²) in [6.45, 7) is 2.00. The van der Waals surface area contributed by atoms with Crippen LogP contribution in [0.25, 0.3) is 22.4 Å². The lowest BCUT2D eigenvalue weighted by Gasteiger charge is -2.02. The van der Waals surface area contributed by atoms with Crippen LogP contribution in [0.5, 0.6) is 0 Å². The molecule has 0 unspecified atom stereocenters. The summed E-state index contributed by atoms with van der Waals surface area (Å²) in [7, 11) is 2.02. The first-order valence-corrected chi connectivity index (χ1v) is 8.07. The molecule has 6 heteroatoms. The van der Waals surface area contributed by atoms with Crippen LogP contribution in [0.2, 0.25) is 0 Å². The molecule has 0 aliphatic heterocycles. The highest BCUT2D eigenvalue weighted by Crippen LogP contribution is 2.26. The third-order valence-corrected chi connectivity index (χ3v) is 4.44. The van der Waals surface area contributed by atoms with Crippen LogP contribution in [-0.4, -0.2) is 18.9 Å². The molecule has 4 rings (SSSR count). The highest BCUT2D eigenvalue weighted by molar-refractivity contribution is 7.09. The van der Waals surface area contributed by atoms with Gasteiger partial charge in [0.1, 0.15) is 5.82 Å². The van der Waals surface area contributed by atoms with Gasteiger partial charge in [0.15, 0.2) is 5.82 Å². The molecule has 0 saturated heterocycles. The maximum absolute atomic E-state index is 4.56. The van der Waals surface area contributed by atoms with Crippen molar-refractivity contribution in [1.29, 1.82) is 0 Å². The normalized spacial score (nSPS) is 11.0. The van der Waals surface area contributed by atoms with Crippen LogP contribution in [-0.2, 0) is 7.05 Å². The van der Waals surface area contributed by atoms with E-state index in [0.29, 0.717) is 0 Å². The molecule has 0 bridgehead atoms. The molecule has 2 aromatic carbocycles. The van der Waals surface area contributed by atoms with E-state index in [2.05, 4.69) is 30.3 Å². The summed E-state index contributed by atoms with van der Waals surface area (Å²) in [4.78, 5) is 9.11. The minimum Gasteiger partial charge on any atom is -0.331 e. The highest BCUT2D eigenvalue weighted by atomic mass is 32.1. The molecule has 114 valence electrons. The van der Waals surface area contributed by atoms with Gasteiger partial charge in [0.2, 0.25) is 5.13 Å². The lowest BCUT2D eigenvalue weighted by atomic mass is 10.2. The third kappa shape index (κ3) is 2.57. The van der Waals surface area contributed by atoms with Crippen LogP contribution >= 0.6 is 11.5 Å². The number of anilines is 2. The Morgan fingerprint density at radius 2 is 1.87 bits per heavy atom. The molecule has 0 fully saturated rings. The number of hydrogen-bond acceptors (Lipinski definition) is 5. The largest absolute Gasteiger partial charge is 0.331 e. The second-order valence-corrected chi connectivity index (χ2v) is 6.09. The van der Waals surface area contributed by atoms with Gasteiger partial charge < -0.3 is 9.88 Å². The van der Waals surface area contributed by atoms with Gasteiger partial charge in [-0.1, -0.05) is 30.3 Å². The predicted molar refractivity (Wildman–Crippen MR) is 94.1 cm³/mol. The lowest BCUT2D eigenvalue weighted by molar-refractivity contribution is 0.886. The van der Waals surface area contributed by atoms with E-state index in [1.807, 2.05) is 56.4 Å². The van der Waals surface area contributed by atoms with Crippen molar-refractivity contribution < 1.29 is 0 Å². The molecule has 0 amide bonds. The van der Waals surface area contributed by atoms with Crippen molar-refractivity contribution in [2.24, 2.45) is 7.05 Å². The van der Waals surface area contributed by atoms with Gasteiger partial charge >= 0.3 is 0 Å². The third-order valence-electron chi connectivity index (χ3n) is 3.81. The summed E-state index contributed by atoms with van der Waals surface area (Å²) in [5.41, 5.74) is 4.08. The van der Waals surface area contributed by atoms with Gasteiger partial charge in [-0.05, 0) is 25.1 Å². The number of benzene rings is 2. The smallest absolute Gasteiger partial charge is 0.207 e. The average molecular weight is 321 g/mol. The number of rotatable bonds is 3. The molecule has 0 saturated carbocycles. The van der Waals surface area contributed by atoms with Crippen molar-refractivity contribution in [2.75, 3.05) is 5.32 Å². The Morgan fingerprint density at radius 3 is 2.70 bits per heavy atom. The molecule has 5 nitrogen and oxygen atoms in total. The van der Waals surface area contributed by atoms with Crippen LogP contribution in [0.1, 0.15) is 5.82 Å². The summed E-state index contributed by atoms with van der Waals surface area (Å²) in [6.07, 6.45) is 0. The van der Waals surface area contributed by atoms with Gasteiger partial charge in [0.25, 0.3) is 0 Å². The quantitative estimate of drug-likeness (QED) is 0.616. The molecule has 0 spiro atoms. The van der Waals surface area contributed by atoms with Crippen LogP contribution in [0.4, 0.5) is 10.8 Å². The van der Waals surface area contributed by atoms with E-state index in [0.717, 1.165) is 39.1 Å². The van der Waals surface area contributed by atoms with Gasteiger partial charge in [0, 0.05) is 29.8 Å². The van der Waals surface area contributed by atoms with Gasteiger partial charge in [-0.3, -0.25) is 0 Å². The predicted octanol–water partition coefficient (Wildman–Crippen LogP) is 4.14. The SMILES string of the molecule is Cc1nc2cc(Nc3nc(-c4ccccc4)ns3)ccc2n1C. The monoisotopic (exact) mass is 321 g/mol. The maximum Gasteiger partial charge on any atom is 0.207 e.